The second-order valence-corrected chi connectivity index (χ2v) is 5.72. The highest BCUT2D eigenvalue weighted by atomic mass is 19.1. The minimum atomic E-state index is -0.510. The minimum Gasteiger partial charge on any atom is -0.337 e. The molecule has 0 atom stereocenters. The fourth-order valence-electron chi connectivity index (χ4n) is 2.70. The number of carbonyl (C=O) groups excluding carboxylic acids is 2. The number of nitrogens with one attached hydrogen (secondary N) is 1. The summed E-state index contributed by atoms with van der Waals surface area (Å²) in [6.45, 7) is 1.43. The lowest BCUT2D eigenvalue weighted by atomic mass is 10.1. The van der Waals surface area contributed by atoms with Gasteiger partial charge >= 0.3 is 0 Å². The van der Waals surface area contributed by atoms with E-state index in [0.717, 1.165) is 19.3 Å². The highest BCUT2D eigenvalue weighted by Gasteiger charge is 2.20. The van der Waals surface area contributed by atoms with Gasteiger partial charge in [0.1, 0.15) is 11.5 Å². The van der Waals surface area contributed by atoms with Gasteiger partial charge in [0.2, 0.25) is 0 Å². The summed E-state index contributed by atoms with van der Waals surface area (Å²) in [5, 5.41) is 2.51. The molecule has 0 spiro atoms. The fraction of sp³-hybridized carbons (Fsp3) is 0.278. The molecule has 1 aliphatic rings. The van der Waals surface area contributed by atoms with Gasteiger partial charge in [-0.1, -0.05) is 12.1 Å². The lowest BCUT2D eigenvalue weighted by molar-refractivity contribution is 0.0718. The number of halogens is 1. The molecule has 2 amide bonds. The summed E-state index contributed by atoms with van der Waals surface area (Å²) in [6.07, 6.45) is 4.52. The molecule has 1 fully saturated rings. The normalized spacial score (nSPS) is 14.3. The van der Waals surface area contributed by atoms with Crippen LogP contribution in [0.5, 0.6) is 0 Å². The number of aromatic nitrogens is 1. The topological polar surface area (TPSA) is 62.3 Å². The lowest BCUT2D eigenvalue weighted by Crippen LogP contribution is -2.36. The van der Waals surface area contributed by atoms with Gasteiger partial charge < -0.3 is 10.2 Å². The van der Waals surface area contributed by atoms with Crippen LogP contribution in [0.4, 0.5) is 10.1 Å². The van der Waals surface area contributed by atoms with Crippen LogP contribution in [-0.2, 0) is 0 Å². The largest absolute Gasteiger partial charge is 0.337 e. The van der Waals surface area contributed by atoms with Crippen LogP contribution in [0.25, 0.3) is 0 Å². The van der Waals surface area contributed by atoms with Crippen molar-refractivity contribution in [3.63, 3.8) is 0 Å². The number of carbonyl (C=O) groups is 2. The maximum atomic E-state index is 13.6. The van der Waals surface area contributed by atoms with E-state index in [1.165, 1.54) is 30.5 Å². The number of anilines is 1. The standard InChI is InChI=1S/C18H18FN3O2/c19-14-6-2-3-7-15(14)21-17(23)13-8-9-20-16(12-13)18(24)22-10-4-1-5-11-22/h2-3,6-9,12H,1,4-5,10-11H2,(H,21,23). The molecule has 24 heavy (non-hydrogen) atoms. The molecule has 0 aliphatic carbocycles. The Kier molecular flexibility index (Phi) is 4.84. The van der Waals surface area contributed by atoms with Crippen molar-refractivity contribution in [2.75, 3.05) is 18.4 Å². The lowest BCUT2D eigenvalue weighted by Gasteiger charge is -2.26. The first kappa shape index (κ1) is 16.1. The van der Waals surface area contributed by atoms with Crippen LogP contribution < -0.4 is 5.32 Å². The van der Waals surface area contributed by atoms with Gasteiger partial charge in [0.25, 0.3) is 11.8 Å². The summed E-state index contributed by atoms with van der Waals surface area (Å²) in [6, 6.07) is 8.89. The molecule has 1 aromatic heterocycles. The van der Waals surface area contributed by atoms with Crippen LogP contribution in [-0.4, -0.2) is 34.8 Å². The van der Waals surface area contributed by atoms with Gasteiger partial charge in [-0.2, -0.15) is 0 Å². The molecular formula is C18H18FN3O2. The van der Waals surface area contributed by atoms with Gasteiger partial charge in [-0.15, -0.1) is 0 Å². The fourth-order valence-corrected chi connectivity index (χ4v) is 2.70. The van der Waals surface area contributed by atoms with Gasteiger partial charge in [0.15, 0.2) is 0 Å². The zero-order chi connectivity index (χ0) is 16.9. The number of rotatable bonds is 3. The third-order valence-corrected chi connectivity index (χ3v) is 4.01. The van der Waals surface area contributed by atoms with Gasteiger partial charge in [0.05, 0.1) is 5.69 Å². The molecule has 0 bridgehead atoms. The minimum absolute atomic E-state index is 0.100. The predicted octanol–water partition coefficient (Wildman–Crippen LogP) is 3.10. The molecular weight excluding hydrogens is 309 g/mol. The number of hydrogen-bond donors (Lipinski definition) is 1. The second-order valence-electron chi connectivity index (χ2n) is 5.72. The number of benzene rings is 1. The first-order chi connectivity index (χ1) is 11.6. The Morgan fingerprint density at radius 2 is 1.83 bits per heavy atom. The smallest absolute Gasteiger partial charge is 0.272 e. The van der Waals surface area contributed by atoms with E-state index in [1.54, 1.807) is 17.0 Å². The maximum absolute atomic E-state index is 13.6. The number of para-hydroxylation sites is 1. The zero-order valence-corrected chi connectivity index (χ0v) is 13.2. The molecule has 6 heteroatoms. The van der Waals surface area contributed by atoms with Crippen molar-refractivity contribution in [3.8, 4) is 0 Å². The van der Waals surface area contributed by atoms with Crippen molar-refractivity contribution in [2.24, 2.45) is 0 Å². The number of amides is 2. The monoisotopic (exact) mass is 327 g/mol. The summed E-state index contributed by atoms with van der Waals surface area (Å²) in [5.74, 6) is -1.16. The van der Waals surface area contributed by atoms with E-state index in [2.05, 4.69) is 10.3 Å². The third-order valence-electron chi connectivity index (χ3n) is 4.01. The molecule has 5 nitrogen and oxygen atoms in total. The Morgan fingerprint density at radius 1 is 1.08 bits per heavy atom. The van der Waals surface area contributed by atoms with Crippen LogP contribution in [0.3, 0.4) is 0 Å². The van der Waals surface area contributed by atoms with Crippen LogP contribution in [0.1, 0.15) is 40.1 Å². The molecule has 0 saturated carbocycles. The van der Waals surface area contributed by atoms with E-state index < -0.39 is 11.7 Å². The van der Waals surface area contributed by atoms with E-state index in [9.17, 15) is 14.0 Å². The predicted molar refractivity (Wildman–Crippen MR) is 88.3 cm³/mol. The first-order valence-electron chi connectivity index (χ1n) is 7.96. The summed E-state index contributed by atoms with van der Waals surface area (Å²) < 4.78 is 13.6. The Balaban J connectivity index is 1.76. The van der Waals surface area contributed by atoms with E-state index in [0.29, 0.717) is 13.1 Å². The zero-order valence-electron chi connectivity index (χ0n) is 13.2. The van der Waals surface area contributed by atoms with Gasteiger partial charge in [-0.3, -0.25) is 14.6 Å². The molecule has 1 saturated heterocycles. The van der Waals surface area contributed by atoms with E-state index in [4.69, 9.17) is 0 Å². The van der Waals surface area contributed by atoms with Crippen LogP contribution in [0.2, 0.25) is 0 Å². The number of pyridine rings is 1. The summed E-state index contributed by atoms with van der Waals surface area (Å²) in [7, 11) is 0. The summed E-state index contributed by atoms with van der Waals surface area (Å²) in [5.41, 5.74) is 0.606. The van der Waals surface area contributed by atoms with E-state index in [-0.39, 0.29) is 22.9 Å². The van der Waals surface area contributed by atoms with Crippen molar-refractivity contribution in [1.29, 1.82) is 0 Å². The molecule has 0 unspecified atom stereocenters. The SMILES string of the molecule is O=C(Nc1ccccc1F)c1ccnc(C(=O)N2CCCCC2)c1. The average molecular weight is 327 g/mol. The Morgan fingerprint density at radius 3 is 2.58 bits per heavy atom. The highest BCUT2D eigenvalue weighted by Crippen LogP contribution is 2.16. The van der Waals surface area contributed by atoms with Crippen LogP contribution >= 0.6 is 0 Å². The van der Waals surface area contributed by atoms with E-state index >= 15 is 0 Å². The molecule has 0 radical (unpaired) electrons. The summed E-state index contributed by atoms with van der Waals surface area (Å²) in [4.78, 5) is 30.6. The van der Waals surface area contributed by atoms with Gasteiger partial charge in [0, 0.05) is 24.8 Å². The Hall–Kier alpha value is -2.76. The number of hydrogen-bond acceptors (Lipinski definition) is 3. The van der Waals surface area contributed by atoms with Crippen LogP contribution in [0, 0.1) is 5.82 Å². The van der Waals surface area contributed by atoms with Crippen molar-refractivity contribution in [2.45, 2.75) is 19.3 Å². The van der Waals surface area contributed by atoms with Crippen molar-refractivity contribution < 1.29 is 14.0 Å². The molecule has 2 heterocycles. The highest BCUT2D eigenvalue weighted by molar-refractivity contribution is 6.05. The quantitative estimate of drug-likeness (QED) is 0.942. The Bertz CT molecular complexity index is 757. The molecule has 1 aliphatic heterocycles. The molecule has 2 aromatic rings. The molecule has 1 aromatic carbocycles. The number of piperidine rings is 1. The molecule has 1 N–H and O–H groups in total. The number of nitrogens with zero attached hydrogens (tertiary/aromatic N) is 2. The second kappa shape index (κ2) is 7.21. The maximum Gasteiger partial charge on any atom is 0.272 e. The van der Waals surface area contributed by atoms with Gasteiger partial charge in [-0.05, 0) is 43.5 Å². The van der Waals surface area contributed by atoms with Crippen molar-refractivity contribution in [3.05, 3.63) is 59.7 Å². The van der Waals surface area contributed by atoms with Gasteiger partial charge in [-0.25, -0.2) is 4.39 Å². The summed E-state index contributed by atoms with van der Waals surface area (Å²) >= 11 is 0. The molecule has 3 rings (SSSR count). The molecule has 124 valence electrons. The van der Waals surface area contributed by atoms with E-state index in [1.807, 2.05) is 0 Å². The average Bonchev–Trinajstić information content (AvgIpc) is 2.64. The number of likely N-dealkylation sites (tertiary alicyclic amines) is 1. The van der Waals surface area contributed by atoms with Crippen LogP contribution in [0.15, 0.2) is 42.6 Å². The third kappa shape index (κ3) is 3.59. The first-order valence-corrected chi connectivity index (χ1v) is 7.96. The van der Waals surface area contributed by atoms with Crippen molar-refractivity contribution in [1.82, 2.24) is 9.88 Å². The Labute approximate surface area is 139 Å². The van der Waals surface area contributed by atoms with Crippen molar-refractivity contribution >= 4 is 17.5 Å².